The highest BCUT2D eigenvalue weighted by Crippen LogP contribution is 2.24. The monoisotopic (exact) mass is 512 g/mol. The summed E-state index contributed by atoms with van der Waals surface area (Å²) >= 11 is 1.89. The molecule has 0 unspecified atom stereocenters. The molecule has 28 heavy (non-hydrogen) atoms. The molecule has 1 aromatic rings. The number of nitrogens with one attached hydrogen (secondary N) is 1. The van der Waals surface area contributed by atoms with Crippen LogP contribution in [0, 0.1) is 9.39 Å². The molecule has 0 saturated heterocycles. The molecule has 0 radical (unpaired) electrons. The summed E-state index contributed by atoms with van der Waals surface area (Å²) in [6.45, 7) is 7.97. The Labute approximate surface area is 174 Å². The molecule has 0 aliphatic carbocycles. The number of allylic oxidation sites excluding steroid dienone is 1. The van der Waals surface area contributed by atoms with Crippen molar-refractivity contribution in [3.63, 3.8) is 0 Å². The van der Waals surface area contributed by atoms with Crippen molar-refractivity contribution < 1.29 is 22.4 Å². The number of carbonyl (C=O) groups excluding carboxylic acids is 1. The molecule has 0 saturated carbocycles. The lowest BCUT2D eigenvalue weighted by atomic mass is 10.1. The maximum atomic E-state index is 14.1. The van der Waals surface area contributed by atoms with Gasteiger partial charge in [0.05, 0.1) is 12.1 Å². The number of alkyl halides is 3. The third-order valence-electron chi connectivity index (χ3n) is 3.83. The number of halogens is 5. The number of nitrogens with zero attached hydrogens (tertiary/aromatic N) is 3. The minimum Gasteiger partial charge on any atom is -0.334 e. The number of aliphatic imine (C=N–C) groups is 2. The molecule has 1 N–H and O–H groups in total. The fourth-order valence-corrected chi connectivity index (χ4v) is 2.91. The lowest BCUT2D eigenvalue weighted by molar-refractivity contribution is -0.0916. The largest absolute Gasteiger partial charge is 0.413 e. The third kappa shape index (κ3) is 6.57. The second kappa shape index (κ2) is 10.5. The molecule has 0 bridgehead atoms. The minimum atomic E-state index is -4.46. The molecule has 0 aromatic heterocycles. The van der Waals surface area contributed by atoms with Crippen LogP contribution < -0.4 is 5.32 Å². The number of hydrogen-bond acceptors (Lipinski definition) is 2. The second-order valence-corrected chi connectivity index (χ2v) is 6.99. The van der Waals surface area contributed by atoms with Gasteiger partial charge in [0, 0.05) is 27.9 Å². The number of likely N-dealkylation sites (N-methyl/N-ethyl adjacent to an activating group) is 1. The summed E-state index contributed by atoms with van der Waals surface area (Å²) in [7, 11) is 0. The van der Waals surface area contributed by atoms with Crippen LogP contribution in [-0.2, 0) is 0 Å². The molecular weight excluding hydrogens is 491 g/mol. The summed E-state index contributed by atoms with van der Waals surface area (Å²) in [6, 6.07) is 3.92. The summed E-state index contributed by atoms with van der Waals surface area (Å²) in [5.41, 5.74) is -0.874. The van der Waals surface area contributed by atoms with Gasteiger partial charge in [0.25, 0.3) is 5.91 Å². The van der Waals surface area contributed by atoms with Crippen LogP contribution in [0.2, 0.25) is 0 Å². The Kier molecular flexibility index (Phi) is 9.05. The molecular formula is C18H21F4IN4O. The summed E-state index contributed by atoms with van der Waals surface area (Å²) < 4.78 is 52.1. The quantitative estimate of drug-likeness (QED) is 0.266. The van der Waals surface area contributed by atoms with E-state index >= 15 is 0 Å². The first-order valence-electron chi connectivity index (χ1n) is 8.29. The minimum absolute atomic E-state index is 0.0234. The van der Waals surface area contributed by atoms with Crippen molar-refractivity contribution in [3.8, 4) is 0 Å². The maximum Gasteiger partial charge on any atom is 0.413 e. The van der Waals surface area contributed by atoms with Crippen LogP contribution >= 0.6 is 22.6 Å². The Morgan fingerprint density at radius 1 is 1.43 bits per heavy atom. The molecule has 1 amide bonds. The zero-order chi connectivity index (χ0) is 21.5. The van der Waals surface area contributed by atoms with E-state index in [1.54, 1.807) is 19.9 Å². The van der Waals surface area contributed by atoms with Crippen molar-refractivity contribution in [1.29, 1.82) is 0 Å². The first-order valence-corrected chi connectivity index (χ1v) is 9.37. The number of rotatable bonds is 6. The molecule has 1 rings (SSSR count). The standard InChI is InChI=1S/C18H21F4IN4O/c1-5-27(16(28)15-13(19)7-6-8-14(15)23)12(3)10-26-17(24-4)25-9-11(2)18(20,21)22/h6-9,12H,4-5,10H2,1-3H3,(H,25,26)/b11-9+/t12-/m0/s1. The summed E-state index contributed by atoms with van der Waals surface area (Å²) in [5.74, 6) is -1.21. The van der Waals surface area contributed by atoms with E-state index in [-0.39, 0.29) is 18.1 Å². The zero-order valence-electron chi connectivity index (χ0n) is 15.6. The Hall–Kier alpha value is -1.98. The van der Waals surface area contributed by atoms with Gasteiger partial charge in [-0.05, 0) is 62.2 Å². The number of hydrogen-bond donors (Lipinski definition) is 1. The van der Waals surface area contributed by atoms with E-state index in [0.29, 0.717) is 10.1 Å². The molecule has 0 aliphatic rings. The average Bonchev–Trinajstić information content (AvgIpc) is 2.61. The van der Waals surface area contributed by atoms with E-state index in [9.17, 15) is 22.4 Å². The number of amides is 1. The Balaban J connectivity index is 2.93. The highest BCUT2D eigenvalue weighted by Gasteiger charge is 2.30. The van der Waals surface area contributed by atoms with Crippen molar-refractivity contribution >= 4 is 41.2 Å². The number of carbonyl (C=O) groups is 1. The predicted molar refractivity (Wildman–Crippen MR) is 110 cm³/mol. The van der Waals surface area contributed by atoms with Gasteiger partial charge in [0.2, 0.25) is 5.96 Å². The van der Waals surface area contributed by atoms with E-state index in [2.05, 4.69) is 22.0 Å². The summed E-state index contributed by atoms with van der Waals surface area (Å²) in [5, 5.41) is 2.34. The molecule has 10 heteroatoms. The van der Waals surface area contributed by atoms with Crippen LogP contribution in [-0.4, -0.2) is 48.8 Å². The lowest BCUT2D eigenvalue weighted by Gasteiger charge is -2.27. The van der Waals surface area contributed by atoms with E-state index in [1.165, 1.54) is 17.0 Å². The second-order valence-electron chi connectivity index (χ2n) is 5.83. The smallest absolute Gasteiger partial charge is 0.334 e. The zero-order valence-corrected chi connectivity index (χ0v) is 17.8. The highest BCUT2D eigenvalue weighted by molar-refractivity contribution is 14.1. The van der Waals surface area contributed by atoms with Crippen LogP contribution in [0.25, 0.3) is 0 Å². The van der Waals surface area contributed by atoms with Gasteiger partial charge in [-0.3, -0.25) is 4.79 Å². The topological polar surface area (TPSA) is 57.1 Å². The van der Waals surface area contributed by atoms with E-state index in [0.717, 1.165) is 13.1 Å². The number of benzene rings is 1. The summed E-state index contributed by atoms with van der Waals surface area (Å²) in [6.07, 6.45) is -3.72. The first kappa shape index (κ1) is 24.1. The van der Waals surface area contributed by atoms with Crippen molar-refractivity contribution in [2.24, 2.45) is 9.98 Å². The average molecular weight is 512 g/mol. The van der Waals surface area contributed by atoms with E-state index in [1.807, 2.05) is 22.6 Å². The van der Waals surface area contributed by atoms with Gasteiger partial charge in [-0.15, -0.1) is 0 Å². The maximum absolute atomic E-state index is 14.1. The molecule has 0 heterocycles. The molecule has 5 nitrogen and oxygen atoms in total. The van der Waals surface area contributed by atoms with Gasteiger partial charge < -0.3 is 10.2 Å². The predicted octanol–water partition coefficient (Wildman–Crippen LogP) is 4.39. The fraction of sp³-hybridized carbons (Fsp3) is 0.389. The molecule has 154 valence electrons. The Bertz CT molecular complexity index is 757. The molecule has 0 fully saturated rings. The normalized spacial score (nSPS) is 13.9. The van der Waals surface area contributed by atoms with Gasteiger partial charge >= 0.3 is 6.18 Å². The van der Waals surface area contributed by atoms with Gasteiger partial charge in [-0.1, -0.05) is 6.07 Å². The van der Waals surface area contributed by atoms with Gasteiger partial charge in [-0.25, -0.2) is 14.4 Å². The van der Waals surface area contributed by atoms with Crippen LogP contribution in [0.1, 0.15) is 31.1 Å². The molecule has 0 spiro atoms. The fourth-order valence-electron chi connectivity index (χ4n) is 2.21. The van der Waals surface area contributed by atoms with E-state index in [4.69, 9.17) is 0 Å². The Morgan fingerprint density at radius 3 is 2.57 bits per heavy atom. The summed E-state index contributed by atoms with van der Waals surface area (Å²) in [4.78, 5) is 21.8. The SMILES string of the molecule is C=NC(=NC[C@H](C)N(CC)C(=O)c1c(F)cccc1I)N/C=C(\C)C(F)(F)F. The third-order valence-corrected chi connectivity index (χ3v) is 4.73. The van der Waals surface area contributed by atoms with Crippen molar-refractivity contribution in [2.45, 2.75) is 33.0 Å². The van der Waals surface area contributed by atoms with Crippen molar-refractivity contribution in [2.75, 3.05) is 13.1 Å². The Morgan fingerprint density at radius 2 is 2.07 bits per heavy atom. The molecule has 1 aromatic carbocycles. The van der Waals surface area contributed by atoms with Crippen LogP contribution in [0.3, 0.4) is 0 Å². The van der Waals surface area contributed by atoms with E-state index < -0.39 is 29.5 Å². The van der Waals surface area contributed by atoms with Crippen LogP contribution in [0.15, 0.2) is 40.0 Å². The lowest BCUT2D eigenvalue weighted by Crippen LogP contribution is -2.41. The molecule has 1 atom stereocenters. The first-order chi connectivity index (χ1) is 13.0. The van der Waals surface area contributed by atoms with Crippen molar-refractivity contribution in [3.05, 3.63) is 44.9 Å². The van der Waals surface area contributed by atoms with Gasteiger partial charge in [0.15, 0.2) is 0 Å². The highest BCUT2D eigenvalue weighted by atomic mass is 127. The van der Waals surface area contributed by atoms with Gasteiger partial charge in [0.1, 0.15) is 5.82 Å². The van der Waals surface area contributed by atoms with Crippen LogP contribution in [0.5, 0.6) is 0 Å². The molecule has 0 aliphatic heterocycles. The van der Waals surface area contributed by atoms with Crippen molar-refractivity contribution in [1.82, 2.24) is 10.2 Å². The number of guanidine groups is 1. The van der Waals surface area contributed by atoms with Gasteiger partial charge in [-0.2, -0.15) is 13.2 Å². The van der Waals surface area contributed by atoms with Crippen LogP contribution in [0.4, 0.5) is 17.6 Å².